The van der Waals surface area contributed by atoms with E-state index < -0.39 is 11.9 Å². The van der Waals surface area contributed by atoms with Crippen LogP contribution in [0.15, 0.2) is 23.8 Å². The number of esters is 2. The maximum Gasteiger partial charge on any atom is 0.345 e. The first-order chi connectivity index (χ1) is 7.02. The summed E-state index contributed by atoms with van der Waals surface area (Å²) in [6.45, 7) is 3.97. The van der Waals surface area contributed by atoms with Gasteiger partial charge in [-0.3, -0.25) is 0 Å². The third kappa shape index (κ3) is 5.00. The second-order valence-corrected chi connectivity index (χ2v) is 3.19. The van der Waals surface area contributed by atoms with Crippen LogP contribution in [0, 0.1) is 5.92 Å². The molecule has 0 saturated heterocycles. The predicted octanol–water partition coefficient (Wildman–Crippen LogP) is 1.47. The van der Waals surface area contributed by atoms with E-state index in [4.69, 9.17) is 0 Å². The number of hydrogen-bond acceptors (Lipinski definition) is 4. The van der Waals surface area contributed by atoms with Crippen molar-refractivity contribution in [2.24, 2.45) is 5.92 Å². The molecule has 15 heavy (non-hydrogen) atoms. The van der Waals surface area contributed by atoms with E-state index in [1.54, 1.807) is 6.08 Å². The molecule has 0 radical (unpaired) electrons. The molecule has 0 aliphatic rings. The lowest BCUT2D eigenvalue weighted by molar-refractivity contribution is -0.144. The van der Waals surface area contributed by atoms with Gasteiger partial charge in [0.1, 0.15) is 5.57 Å². The van der Waals surface area contributed by atoms with Gasteiger partial charge >= 0.3 is 11.9 Å². The van der Waals surface area contributed by atoms with Crippen molar-refractivity contribution < 1.29 is 19.1 Å². The summed E-state index contributed by atoms with van der Waals surface area (Å²) in [6.07, 6.45) is 4.87. The monoisotopic (exact) mass is 212 g/mol. The third-order valence-corrected chi connectivity index (χ3v) is 1.57. The normalized spacial score (nSPS) is 10.2. The van der Waals surface area contributed by atoms with Crippen LogP contribution < -0.4 is 0 Å². The fourth-order valence-electron chi connectivity index (χ4n) is 0.813. The lowest BCUT2D eigenvalue weighted by Gasteiger charge is -2.01. The highest BCUT2D eigenvalue weighted by Crippen LogP contribution is 2.02. The van der Waals surface area contributed by atoms with Crippen molar-refractivity contribution >= 4 is 11.9 Å². The van der Waals surface area contributed by atoms with Crippen molar-refractivity contribution in [2.75, 3.05) is 14.2 Å². The fraction of sp³-hybridized carbons (Fsp3) is 0.455. The van der Waals surface area contributed by atoms with Gasteiger partial charge in [-0.15, -0.1) is 0 Å². The number of methoxy groups -OCH3 is 2. The average molecular weight is 212 g/mol. The lowest BCUT2D eigenvalue weighted by Crippen LogP contribution is -2.15. The Morgan fingerprint density at radius 3 is 1.87 bits per heavy atom. The Labute approximate surface area is 89.6 Å². The molecule has 0 aromatic carbocycles. The molecule has 4 nitrogen and oxygen atoms in total. The van der Waals surface area contributed by atoms with Gasteiger partial charge in [-0.2, -0.15) is 0 Å². The van der Waals surface area contributed by atoms with Crippen molar-refractivity contribution in [1.29, 1.82) is 0 Å². The predicted molar refractivity (Wildman–Crippen MR) is 56.1 cm³/mol. The summed E-state index contributed by atoms with van der Waals surface area (Å²) >= 11 is 0. The summed E-state index contributed by atoms with van der Waals surface area (Å²) in [6, 6.07) is 0. The molecule has 0 spiro atoms. The molecule has 0 aliphatic heterocycles. The van der Waals surface area contributed by atoms with Gasteiger partial charge in [0.15, 0.2) is 0 Å². The molecular weight excluding hydrogens is 196 g/mol. The molecule has 0 aliphatic carbocycles. The molecule has 0 aromatic heterocycles. The molecule has 0 saturated carbocycles. The highest BCUT2D eigenvalue weighted by Gasteiger charge is 2.18. The van der Waals surface area contributed by atoms with Crippen LogP contribution in [0.5, 0.6) is 0 Å². The van der Waals surface area contributed by atoms with Crippen molar-refractivity contribution in [3.63, 3.8) is 0 Å². The van der Waals surface area contributed by atoms with Crippen LogP contribution in [0.2, 0.25) is 0 Å². The van der Waals surface area contributed by atoms with Crippen molar-refractivity contribution in [3.8, 4) is 0 Å². The largest absolute Gasteiger partial charge is 0.465 e. The number of rotatable bonds is 4. The van der Waals surface area contributed by atoms with Crippen molar-refractivity contribution in [1.82, 2.24) is 0 Å². The summed E-state index contributed by atoms with van der Waals surface area (Å²) in [5.41, 5.74) is -0.114. The van der Waals surface area contributed by atoms with E-state index in [1.807, 2.05) is 19.9 Å². The number of carbonyl (C=O) groups excluding carboxylic acids is 2. The van der Waals surface area contributed by atoms with E-state index in [2.05, 4.69) is 9.47 Å². The molecule has 0 rings (SSSR count). The summed E-state index contributed by atoms with van der Waals surface area (Å²) in [4.78, 5) is 22.3. The zero-order valence-corrected chi connectivity index (χ0v) is 9.44. The van der Waals surface area contributed by atoms with Gasteiger partial charge in [-0.25, -0.2) is 9.59 Å². The summed E-state index contributed by atoms with van der Waals surface area (Å²) < 4.78 is 8.90. The van der Waals surface area contributed by atoms with Crippen LogP contribution in [0.25, 0.3) is 0 Å². The maximum atomic E-state index is 11.2. The molecule has 0 bridgehead atoms. The molecule has 0 aromatic rings. The Morgan fingerprint density at radius 2 is 1.53 bits per heavy atom. The molecule has 0 atom stereocenters. The van der Waals surface area contributed by atoms with E-state index >= 15 is 0 Å². The van der Waals surface area contributed by atoms with Gasteiger partial charge in [-0.1, -0.05) is 26.0 Å². The maximum absolute atomic E-state index is 11.2. The second-order valence-electron chi connectivity index (χ2n) is 3.19. The number of carbonyl (C=O) groups is 2. The van der Waals surface area contributed by atoms with Crippen LogP contribution in [-0.2, 0) is 19.1 Å². The van der Waals surface area contributed by atoms with Crippen LogP contribution in [0.3, 0.4) is 0 Å². The fourth-order valence-corrected chi connectivity index (χ4v) is 0.813. The standard InChI is InChI=1S/C11H16O4/c1-8(2)6-5-7-9(10(12)14-3)11(13)15-4/h5-8H,1-4H3/b6-5+. The Balaban J connectivity index is 4.78. The minimum absolute atomic E-state index is 0.114. The van der Waals surface area contributed by atoms with Crippen molar-refractivity contribution in [3.05, 3.63) is 23.8 Å². The summed E-state index contributed by atoms with van der Waals surface area (Å²) in [5, 5.41) is 0. The molecule has 0 unspecified atom stereocenters. The van der Waals surface area contributed by atoms with Crippen LogP contribution in [-0.4, -0.2) is 26.2 Å². The van der Waals surface area contributed by atoms with Gasteiger partial charge in [0, 0.05) is 0 Å². The highest BCUT2D eigenvalue weighted by atomic mass is 16.5. The number of hydrogen-bond donors (Lipinski definition) is 0. The highest BCUT2D eigenvalue weighted by molar-refractivity contribution is 6.14. The van der Waals surface area contributed by atoms with E-state index in [-0.39, 0.29) is 5.57 Å². The molecule has 84 valence electrons. The molecular formula is C11H16O4. The van der Waals surface area contributed by atoms with Crippen LogP contribution in [0.4, 0.5) is 0 Å². The van der Waals surface area contributed by atoms with E-state index in [0.29, 0.717) is 5.92 Å². The lowest BCUT2D eigenvalue weighted by atomic mass is 10.2. The quantitative estimate of drug-likeness (QED) is 0.233. The van der Waals surface area contributed by atoms with Gasteiger partial charge in [0.05, 0.1) is 14.2 Å². The van der Waals surface area contributed by atoms with Crippen LogP contribution >= 0.6 is 0 Å². The average Bonchev–Trinajstić information content (AvgIpc) is 2.22. The SMILES string of the molecule is COC(=O)C(=C/C=C/C(C)C)C(=O)OC. The van der Waals surface area contributed by atoms with Gasteiger partial charge in [0.2, 0.25) is 0 Å². The Kier molecular flexibility index (Phi) is 6.09. The Bertz CT molecular complexity index is 269. The Hall–Kier alpha value is -1.58. The van der Waals surface area contributed by atoms with Gasteiger partial charge in [-0.05, 0) is 12.0 Å². The number of allylic oxidation sites excluding steroid dienone is 3. The van der Waals surface area contributed by atoms with E-state index in [9.17, 15) is 9.59 Å². The first kappa shape index (κ1) is 13.4. The topological polar surface area (TPSA) is 52.6 Å². The van der Waals surface area contributed by atoms with Gasteiger partial charge in [0.25, 0.3) is 0 Å². The minimum Gasteiger partial charge on any atom is -0.465 e. The smallest absolute Gasteiger partial charge is 0.345 e. The third-order valence-electron chi connectivity index (χ3n) is 1.57. The molecule has 0 fully saturated rings. The molecule has 0 heterocycles. The zero-order valence-electron chi connectivity index (χ0n) is 9.44. The summed E-state index contributed by atoms with van der Waals surface area (Å²) in [7, 11) is 2.43. The zero-order chi connectivity index (χ0) is 11.8. The van der Waals surface area contributed by atoms with Crippen LogP contribution in [0.1, 0.15) is 13.8 Å². The molecule has 4 heteroatoms. The molecule has 0 N–H and O–H groups in total. The number of ether oxygens (including phenoxy) is 2. The van der Waals surface area contributed by atoms with Gasteiger partial charge < -0.3 is 9.47 Å². The van der Waals surface area contributed by atoms with E-state index in [0.717, 1.165) is 0 Å². The Morgan fingerprint density at radius 1 is 1.07 bits per heavy atom. The van der Waals surface area contributed by atoms with Crippen molar-refractivity contribution in [2.45, 2.75) is 13.8 Å². The van der Waals surface area contributed by atoms with E-state index in [1.165, 1.54) is 20.3 Å². The summed E-state index contributed by atoms with van der Waals surface area (Å²) in [5.74, 6) is -1.05. The molecule has 0 amide bonds. The minimum atomic E-state index is -0.699. The second kappa shape index (κ2) is 6.81. The first-order valence-electron chi connectivity index (χ1n) is 4.58. The first-order valence-corrected chi connectivity index (χ1v) is 4.58.